The van der Waals surface area contributed by atoms with Crippen LogP contribution in [0, 0.1) is 5.92 Å². The van der Waals surface area contributed by atoms with Crippen LogP contribution in [0.15, 0.2) is 30.3 Å². The van der Waals surface area contributed by atoms with Crippen molar-refractivity contribution >= 4 is 0 Å². The van der Waals surface area contributed by atoms with E-state index >= 15 is 0 Å². The Labute approximate surface area is 113 Å². The molecule has 5 heteroatoms. The molecule has 1 aromatic heterocycles. The Morgan fingerprint density at radius 3 is 2.79 bits per heavy atom. The number of hydrogen-bond acceptors (Lipinski definition) is 4. The van der Waals surface area contributed by atoms with Crippen molar-refractivity contribution in [3.63, 3.8) is 0 Å². The van der Waals surface area contributed by atoms with E-state index in [9.17, 15) is 0 Å². The zero-order valence-electron chi connectivity index (χ0n) is 11.3. The minimum absolute atomic E-state index is 0.425. The van der Waals surface area contributed by atoms with Gasteiger partial charge in [-0.1, -0.05) is 30.3 Å². The highest BCUT2D eigenvalue weighted by Gasteiger charge is 2.43. The summed E-state index contributed by atoms with van der Waals surface area (Å²) in [6.07, 6.45) is 2.09. The van der Waals surface area contributed by atoms with Gasteiger partial charge >= 0.3 is 0 Å². The van der Waals surface area contributed by atoms with Crippen LogP contribution in [0.1, 0.15) is 23.7 Å². The molecule has 0 spiro atoms. The van der Waals surface area contributed by atoms with Crippen molar-refractivity contribution in [2.45, 2.75) is 24.8 Å². The predicted molar refractivity (Wildman–Crippen MR) is 72.6 cm³/mol. The lowest BCUT2D eigenvalue weighted by molar-refractivity contribution is 0.480. The Kier molecular flexibility index (Phi) is 3.29. The van der Waals surface area contributed by atoms with Crippen LogP contribution in [0.25, 0.3) is 0 Å². The Morgan fingerprint density at radius 1 is 1.37 bits per heavy atom. The second kappa shape index (κ2) is 5.09. The normalized spacial score (nSPS) is 23.3. The van der Waals surface area contributed by atoms with Gasteiger partial charge in [0.25, 0.3) is 0 Å². The largest absolute Gasteiger partial charge is 0.316 e. The minimum Gasteiger partial charge on any atom is -0.316 e. The quantitative estimate of drug-likeness (QED) is 0.873. The maximum atomic E-state index is 4.26. The molecular weight excluding hydrogens is 238 g/mol. The molecule has 100 valence electrons. The van der Waals surface area contributed by atoms with Gasteiger partial charge in [-0.2, -0.15) is 4.80 Å². The molecule has 1 heterocycles. The van der Waals surface area contributed by atoms with Crippen molar-refractivity contribution in [3.05, 3.63) is 41.7 Å². The molecule has 0 radical (unpaired) electrons. The Balaban J connectivity index is 1.65. The first kappa shape index (κ1) is 12.3. The number of tetrazole rings is 1. The second-order valence-electron chi connectivity index (χ2n) is 5.21. The van der Waals surface area contributed by atoms with Crippen molar-refractivity contribution < 1.29 is 0 Å². The lowest BCUT2D eigenvalue weighted by Crippen LogP contribution is -2.30. The van der Waals surface area contributed by atoms with Crippen LogP contribution < -0.4 is 5.32 Å². The number of likely N-dealkylation sites (N-methyl/N-ethyl adjacent to an activating group) is 1. The van der Waals surface area contributed by atoms with Crippen LogP contribution >= 0.6 is 0 Å². The molecule has 1 aliphatic carbocycles. The topological polar surface area (TPSA) is 55.6 Å². The molecule has 19 heavy (non-hydrogen) atoms. The van der Waals surface area contributed by atoms with Gasteiger partial charge in [-0.25, -0.2) is 0 Å². The summed E-state index contributed by atoms with van der Waals surface area (Å²) in [5, 5.41) is 15.6. The minimum atomic E-state index is 0.425. The zero-order valence-corrected chi connectivity index (χ0v) is 11.3. The molecule has 1 fully saturated rings. The monoisotopic (exact) mass is 257 g/mol. The van der Waals surface area contributed by atoms with Crippen LogP contribution in [-0.4, -0.2) is 33.3 Å². The van der Waals surface area contributed by atoms with Gasteiger partial charge in [0.2, 0.25) is 0 Å². The summed E-state index contributed by atoms with van der Waals surface area (Å²) in [7, 11) is 3.82. The van der Waals surface area contributed by atoms with E-state index in [0.717, 1.165) is 12.2 Å². The molecule has 0 aliphatic heterocycles. The zero-order chi connectivity index (χ0) is 13.2. The molecule has 1 N–H and O–H groups in total. The van der Waals surface area contributed by atoms with Crippen LogP contribution in [0.4, 0.5) is 0 Å². The van der Waals surface area contributed by atoms with E-state index < -0.39 is 0 Å². The number of aromatic nitrogens is 4. The Hall–Kier alpha value is -1.75. The van der Waals surface area contributed by atoms with Crippen LogP contribution in [0.3, 0.4) is 0 Å². The predicted octanol–water partition coefficient (Wildman–Crippen LogP) is 1.14. The standard InChI is InChI=1S/C14H19N5/c1-15-13(9-14-16-18-19(2)17-14)12-8-11(12)10-6-4-3-5-7-10/h3-7,11-13,15H,8-9H2,1-2H3. The third-order valence-corrected chi connectivity index (χ3v) is 3.91. The number of benzene rings is 1. The molecule has 3 atom stereocenters. The molecule has 1 aliphatic rings. The lowest BCUT2D eigenvalue weighted by Gasteiger charge is -2.14. The summed E-state index contributed by atoms with van der Waals surface area (Å²) < 4.78 is 0. The average Bonchev–Trinajstić information content (AvgIpc) is 3.13. The first-order chi connectivity index (χ1) is 9.28. The van der Waals surface area contributed by atoms with Crippen LogP contribution in [0.5, 0.6) is 0 Å². The number of nitrogens with one attached hydrogen (secondary N) is 1. The molecule has 2 aromatic rings. The summed E-state index contributed by atoms with van der Waals surface area (Å²) in [6, 6.07) is 11.2. The van der Waals surface area contributed by atoms with E-state index in [-0.39, 0.29) is 0 Å². The smallest absolute Gasteiger partial charge is 0.176 e. The summed E-state index contributed by atoms with van der Waals surface area (Å²) >= 11 is 0. The Morgan fingerprint density at radius 2 is 2.16 bits per heavy atom. The van der Waals surface area contributed by atoms with Crippen molar-refractivity contribution in [1.82, 2.24) is 25.5 Å². The van der Waals surface area contributed by atoms with E-state index in [4.69, 9.17) is 0 Å². The number of nitrogens with zero attached hydrogens (tertiary/aromatic N) is 4. The van der Waals surface area contributed by atoms with Gasteiger partial charge in [-0.05, 0) is 36.1 Å². The third-order valence-electron chi connectivity index (χ3n) is 3.91. The summed E-state index contributed by atoms with van der Waals surface area (Å²) in [5.41, 5.74) is 1.44. The van der Waals surface area contributed by atoms with Crippen molar-refractivity contribution in [3.8, 4) is 0 Å². The van der Waals surface area contributed by atoms with Gasteiger partial charge in [0.1, 0.15) is 0 Å². The van der Waals surface area contributed by atoms with E-state index in [1.807, 2.05) is 7.05 Å². The first-order valence-corrected chi connectivity index (χ1v) is 6.73. The number of rotatable bonds is 5. The highest BCUT2D eigenvalue weighted by Crippen LogP contribution is 2.49. The SMILES string of the molecule is CNC(Cc1nnn(C)n1)C1CC1c1ccccc1. The lowest BCUT2D eigenvalue weighted by atomic mass is 10.0. The van der Waals surface area contributed by atoms with Crippen molar-refractivity contribution in [2.75, 3.05) is 7.05 Å². The van der Waals surface area contributed by atoms with E-state index in [1.54, 1.807) is 7.05 Å². The molecule has 1 saturated carbocycles. The van der Waals surface area contributed by atoms with E-state index in [1.165, 1.54) is 16.8 Å². The molecule has 0 bridgehead atoms. The third kappa shape index (κ3) is 2.66. The maximum Gasteiger partial charge on any atom is 0.176 e. The van der Waals surface area contributed by atoms with Gasteiger partial charge in [0, 0.05) is 12.5 Å². The number of hydrogen-bond donors (Lipinski definition) is 1. The van der Waals surface area contributed by atoms with Crippen molar-refractivity contribution in [1.29, 1.82) is 0 Å². The summed E-state index contributed by atoms with van der Waals surface area (Å²) in [5.74, 6) is 2.17. The van der Waals surface area contributed by atoms with Gasteiger partial charge in [0.15, 0.2) is 5.82 Å². The average molecular weight is 257 g/mol. The van der Waals surface area contributed by atoms with Crippen molar-refractivity contribution in [2.24, 2.45) is 13.0 Å². The van der Waals surface area contributed by atoms with Gasteiger partial charge < -0.3 is 5.32 Å². The second-order valence-corrected chi connectivity index (χ2v) is 5.21. The van der Waals surface area contributed by atoms with Crippen LogP contribution in [0.2, 0.25) is 0 Å². The highest BCUT2D eigenvalue weighted by molar-refractivity contribution is 5.26. The highest BCUT2D eigenvalue weighted by atomic mass is 15.6. The molecule has 3 unspecified atom stereocenters. The fourth-order valence-electron chi connectivity index (χ4n) is 2.81. The molecule has 0 amide bonds. The maximum absolute atomic E-state index is 4.26. The van der Waals surface area contributed by atoms with E-state index in [2.05, 4.69) is 51.1 Å². The first-order valence-electron chi connectivity index (χ1n) is 6.73. The number of aryl methyl sites for hydroxylation is 1. The fraction of sp³-hybridized carbons (Fsp3) is 0.500. The molecule has 5 nitrogen and oxygen atoms in total. The van der Waals surface area contributed by atoms with Crippen LogP contribution in [-0.2, 0) is 13.5 Å². The van der Waals surface area contributed by atoms with Gasteiger partial charge in [-0.3, -0.25) is 0 Å². The molecule has 3 rings (SSSR count). The fourth-order valence-corrected chi connectivity index (χ4v) is 2.81. The van der Waals surface area contributed by atoms with Gasteiger partial charge in [0.05, 0.1) is 7.05 Å². The molecule has 1 aromatic carbocycles. The summed E-state index contributed by atoms with van der Waals surface area (Å²) in [6.45, 7) is 0. The molecule has 0 saturated heterocycles. The van der Waals surface area contributed by atoms with Gasteiger partial charge in [-0.15, -0.1) is 10.2 Å². The molecular formula is C14H19N5. The van der Waals surface area contributed by atoms with E-state index in [0.29, 0.717) is 17.9 Å². The Bertz CT molecular complexity index is 536. The summed E-state index contributed by atoms with van der Waals surface area (Å²) in [4.78, 5) is 1.52.